The minimum absolute atomic E-state index is 0.167. The zero-order valence-electron chi connectivity index (χ0n) is 14.3. The van der Waals surface area contributed by atoms with Gasteiger partial charge in [0.05, 0.1) is 17.1 Å². The first kappa shape index (κ1) is 17.4. The number of likely N-dealkylation sites (tertiary alicyclic amines) is 1. The van der Waals surface area contributed by atoms with E-state index in [-0.39, 0.29) is 11.9 Å². The number of H-pyrrole nitrogens is 1. The van der Waals surface area contributed by atoms with Gasteiger partial charge in [-0.3, -0.25) is 9.89 Å². The van der Waals surface area contributed by atoms with Gasteiger partial charge >= 0.3 is 6.18 Å². The molecule has 0 aliphatic carbocycles. The Morgan fingerprint density at radius 2 is 1.93 bits per heavy atom. The maximum Gasteiger partial charge on any atom is 0.416 e. The monoisotopic (exact) mass is 374 g/mol. The zero-order valence-corrected chi connectivity index (χ0v) is 14.3. The predicted octanol–water partition coefficient (Wildman–Crippen LogP) is 4.14. The number of carbonyl (C=O) groups is 1. The van der Waals surface area contributed by atoms with Crippen molar-refractivity contribution in [1.82, 2.24) is 15.1 Å². The van der Waals surface area contributed by atoms with Gasteiger partial charge in [0.1, 0.15) is 0 Å². The first-order valence-electron chi connectivity index (χ1n) is 8.56. The first-order chi connectivity index (χ1) is 12.8. The molecule has 0 spiro atoms. The molecule has 0 radical (unpaired) electrons. The van der Waals surface area contributed by atoms with Crippen molar-refractivity contribution < 1.29 is 18.0 Å². The molecule has 0 bridgehead atoms. The number of fused-ring (bicyclic) bond motifs is 1. The number of halogens is 3. The Hall–Kier alpha value is -3.03. The van der Waals surface area contributed by atoms with Crippen molar-refractivity contribution in [3.05, 3.63) is 59.2 Å². The summed E-state index contributed by atoms with van der Waals surface area (Å²) in [6, 6.07) is 9.94. The van der Waals surface area contributed by atoms with Crippen LogP contribution in [0, 0.1) is 0 Å². The number of rotatable bonds is 2. The van der Waals surface area contributed by atoms with Crippen LogP contribution in [0.25, 0.3) is 10.9 Å². The largest absolute Gasteiger partial charge is 0.416 e. The fourth-order valence-electron chi connectivity index (χ4n) is 3.58. The van der Waals surface area contributed by atoms with Crippen LogP contribution in [0.2, 0.25) is 0 Å². The predicted molar refractivity (Wildman–Crippen MR) is 95.0 cm³/mol. The molecule has 27 heavy (non-hydrogen) atoms. The number of nitrogens with one attached hydrogen (secondary N) is 1. The average molecular weight is 374 g/mol. The molecule has 4 rings (SSSR count). The van der Waals surface area contributed by atoms with Crippen LogP contribution in [-0.4, -0.2) is 27.5 Å². The van der Waals surface area contributed by atoms with Gasteiger partial charge in [0.15, 0.2) is 5.82 Å². The molecule has 1 atom stereocenters. The summed E-state index contributed by atoms with van der Waals surface area (Å²) in [6.45, 7) is 0.559. The van der Waals surface area contributed by atoms with E-state index in [2.05, 4.69) is 10.2 Å². The second kappa shape index (κ2) is 6.29. The number of hydrogen-bond donors (Lipinski definition) is 2. The number of carbonyl (C=O) groups excluding carboxylic acids is 1. The lowest BCUT2D eigenvalue weighted by molar-refractivity contribution is -0.137. The number of hydrogen-bond acceptors (Lipinski definition) is 3. The molecule has 1 aliphatic heterocycles. The van der Waals surface area contributed by atoms with E-state index < -0.39 is 11.7 Å². The minimum atomic E-state index is -4.37. The van der Waals surface area contributed by atoms with Gasteiger partial charge in [-0.2, -0.15) is 18.3 Å². The molecule has 0 saturated carbocycles. The third-order valence-electron chi connectivity index (χ3n) is 4.98. The van der Waals surface area contributed by atoms with E-state index in [4.69, 9.17) is 5.73 Å². The van der Waals surface area contributed by atoms with Gasteiger partial charge in [0.25, 0.3) is 5.91 Å². The molecular weight excluding hydrogens is 357 g/mol. The highest BCUT2D eigenvalue weighted by Gasteiger charge is 2.33. The lowest BCUT2D eigenvalue weighted by Gasteiger charge is -2.25. The summed E-state index contributed by atoms with van der Waals surface area (Å²) in [5.41, 5.74) is 7.04. The van der Waals surface area contributed by atoms with Crippen LogP contribution in [-0.2, 0) is 6.18 Å². The van der Waals surface area contributed by atoms with Crippen LogP contribution in [0.5, 0.6) is 0 Å². The Kier molecular flexibility index (Phi) is 4.05. The standard InChI is InChI=1S/C19H17F3N4O/c20-19(21,22)13-6-3-11(4-7-13)16-2-1-9-26(16)18(27)12-5-8-15-14(10-12)17(23)25-24-15/h3-8,10,16H,1-2,9H2,(H3,23,24,25)/t16-/m0/s1. The lowest BCUT2D eigenvalue weighted by atomic mass is 10.0. The van der Waals surface area contributed by atoms with Crippen molar-refractivity contribution in [1.29, 1.82) is 0 Å². The molecule has 8 heteroatoms. The summed E-state index contributed by atoms with van der Waals surface area (Å²) in [4.78, 5) is 14.7. The highest BCUT2D eigenvalue weighted by molar-refractivity contribution is 6.00. The SMILES string of the molecule is Nc1n[nH]c2ccc(C(=O)N3CCC[C@H]3c3ccc(C(F)(F)F)cc3)cc12. The molecule has 1 aromatic heterocycles. The number of nitrogens with two attached hydrogens (primary N) is 1. The molecular formula is C19H17F3N4O. The number of anilines is 1. The highest BCUT2D eigenvalue weighted by Crippen LogP contribution is 2.36. The summed E-state index contributed by atoms with van der Waals surface area (Å²) in [5, 5.41) is 7.38. The molecule has 0 unspecified atom stereocenters. The number of amides is 1. The summed E-state index contributed by atoms with van der Waals surface area (Å²) in [5.74, 6) is 0.153. The summed E-state index contributed by atoms with van der Waals surface area (Å²) in [6.07, 6.45) is -2.86. The second-order valence-electron chi connectivity index (χ2n) is 6.65. The van der Waals surface area contributed by atoms with E-state index in [9.17, 15) is 18.0 Å². The third kappa shape index (κ3) is 3.11. The normalized spacial score (nSPS) is 17.6. The fourth-order valence-corrected chi connectivity index (χ4v) is 3.58. The van der Waals surface area contributed by atoms with E-state index in [1.54, 1.807) is 23.1 Å². The van der Waals surface area contributed by atoms with Crippen molar-refractivity contribution in [3.8, 4) is 0 Å². The van der Waals surface area contributed by atoms with Crippen LogP contribution in [0.1, 0.15) is 40.4 Å². The van der Waals surface area contributed by atoms with Crippen LogP contribution in [0.3, 0.4) is 0 Å². The maximum absolute atomic E-state index is 13.0. The summed E-state index contributed by atoms with van der Waals surface area (Å²) in [7, 11) is 0. The Balaban J connectivity index is 1.62. The molecule has 2 heterocycles. The van der Waals surface area contributed by atoms with Crippen LogP contribution < -0.4 is 5.73 Å². The van der Waals surface area contributed by atoms with E-state index in [1.807, 2.05) is 0 Å². The molecule has 140 valence electrons. The molecule has 2 aromatic carbocycles. The van der Waals surface area contributed by atoms with E-state index in [1.165, 1.54) is 12.1 Å². The molecule has 3 N–H and O–H groups in total. The fraction of sp³-hybridized carbons (Fsp3) is 0.263. The van der Waals surface area contributed by atoms with Gasteiger partial charge in [0, 0.05) is 17.5 Å². The number of alkyl halides is 3. The molecule has 1 fully saturated rings. The average Bonchev–Trinajstić information content (AvgIpc) is 3.27. The van der Waals surface area contributed by atoms with E-state index >= 15 is 0 Å². The number of nitrogens with zero attached hydrogens (tertiary/aromatic N) is 2. The van der Waals surface area contributed by atoms with Gasteiger partial charge in [-0.25, -0.2) is 0 Å². The van der Waals surface area contributed by atoms with Crippen molar-refractivity contribution >= 4 is 22.6 Å². The molecule has 1 amide bonds. The maximum atomic E-state index is 13.0. The van der Waals surface area contributed by atoms with Gasteiger partial charge < -0.3 is 10.6 Å². The minimum Gasteiger partial charge on any atom is -0.382 e. The van der Waals surface area contributed by atoms with Gasteiger partial charge in [0.2, 0.25) is 0 Å². The van der Waals surface area contributed by atoms with Crippen molar-refractivity contribution in [2.75, 3.05) is 12.3 Å². The number of aromatic amines is 1. The number of aromatic nitrogens is 2. The smallest absolute Gasteiger partial charge is 0.382 e. The molecule has 5 nitrogen and oxygen atoms in total. The Bertz CT molecular complexity index is 994. The quantitative estimate of drug-likeness (QED) is 0.708. The topological polar surface area (TPSA) is 75.0 Å². The lowest BCUT2D eigenvalue weighted by Crippen LogP contribution is -2.30. The second-order valence-corrected chi connectivity index (χ2v) is 6.65. The first-order valence-corrected chi connectivity index (χ1v) is 8.56. The molecule has 3 aromatic rings. The molecule has 1 aliphatic rings. The van der Waals surface area contributed by atoms with Crippen molar-refractivity contribution in [2.45, 2.75) is 25.1 Å². The number of benzene rings is 2. The van der Waals surface area contributed by atoms with Crippen molar-refractivity contribution in [2.24, 2.45) is 0 Å². The number of nitrogen functional groups attached to an aromatic ring is 1. The summed E-state index contributed by atoms with van der Waals surface area (Å²) < 4.78 is 38.3. The third-order valence-corrected chi connectivity index (χ3v) is 4.98. The van der Waals surface area contributed by atoms with Crippen LogP contribution in [0.15, 0.2) is 42.5 Å². The van der Waals surface area contributed by atoms with Gasteiger partial charge in [-0.05, 0) is 48.7 Å². The van der Waals surface area contributed by atoms with Crippen LogP contribution >= 0.6 is 0 Å². The van der Waals surface area contributed by atoms with E-state index in [0.717, 1.165) is 24.1 Å². The van der Waals surface area contributed by atoms with Crippen molar-refractivity contribution in [3.63, 3.8) is 0 Å². The molecule has 1 saturated heterocycles. The van der Waals surface area contributed by atoms with Gasteiger partial charge in [-0.15, -0.1) is 0 Å². The van der Waals surface area contributed by atoms with E-state index in [0.29, 0.717) is 35.3 Å². The Morgan fingerprint density at radius 3 is 2.63 bits per heavy atom. The Morgan fingerprint density at radius 1 is 1.19 bits per heavy atom. The van der Waals surface area contributed by atoms with Crippen LogP contribution in [0.4, 0.5) is 19.0 Å². The van der Waals surface area contributed by atoms with Gasteiger partial charge in [-0.1, -0.05) is 12.1 Å². The summed E-state index contributed by atoms with van der Waals surface area (Å²) >= 11 is 0. The zero-order chi connectivity index (χ0) is 19.2. The Labute approximate surface area is 153 Å². The highest BCUT2D eigenvalue weighted by atomic mass is 19.4.